The fraction of sp³-hybridized carbons (Fsp3) is 0.200. The van der Waals surface area contributed by atoms with Crippen LogP contribution in [0.5, 0.6) is 0 Å². The van der Waals surface area contributed by atoms with E-state index in [9.17, 15) is 9.59 Å². The first kappa shape index (κ1) is 9.67. The van der Waals surface area contributed by atoms with Crippen LogP contribution in [0.1, 0.15) is 5.56 Å². The quantitative estimate of drug-likeness (QED) is 0.548. The summed E-state index contributed by atoms with van der Waals surface area (Å²) in [6.07, 6.45) is 0.391. The van der Waals surface area contributed by atoms with Crippen molar-refractivity contribution in [2.45, 2.75) is 12.5 Å². The normalized spacial score (nSPS) is 20.6. The van der Waals surface area contributed by atoms with Crippen LogP contribution in [0.25, 0.3) is 0 Å². The summed E-state index contributed by atoms with van der Waals surface area (Å²) < 4.78 is 0. The predicted octanol–water partition coefficient (Wildman–Crippen LogP) is 0.539. The molecule has 1 unspecified atom stereocenters. The van der Waals surface area contributed by atoms with Gasteiger partial charge in [0.25, 0.3) is 5.91 Å². The summed E-state index contributed by atoms with van der Waals surface area (Å²) in [5, 5.41) is 11.5. The molecule has 0 bridgehead atoms. The highest BCUT2D eigenvalue weighted by Crippen LogP contribution is 2.09. The Hall–Kier alpha value is -1.88. The second-order valence-corrected chi connectivity index (χ2v) is 3.34. The summed E-state index contributed by atoms with van der Waals surface area (Å²) >= 11 is 0. The molecule has 15 heavy (non-hydrogen) atoms. The Morgan fingerprint density at radius 2 is 1.93 bits per heavy atom. The Bertz CT molecular complexity index is 391. The lowest BCUT2D eigenvalue weighted by molar-refractivity contribution is -0.149. The zero-order valence-corrected chi connectivity index (χ0v) is 7.88. The molecule has 1 aliphatic rings. The molecule has 2 rings (SSSR count). The molecule has 1 atom stereocenters. The molecule has 3 amide bonds. The number of imide groups is 1. The monoisotopic (exact) mass is 206 g/mol. The highest BCUT2D eigenvalue weighted by Gasteiger charge is 2.37. The molecule has 1 aromatic carbocycles. The van der Waals surface area contributed by atoms with Crippen LogP contribution in [0.2, 0.25) is 0 Å². The van der Waals surface area contributed by atoms with Crippen molar-refractivity contribution in [1.29, 1.82) is 0 Å². The van der Waals surface area contributed by atoms with E-state index in [4.69, 9.17) is 5.21 Å². The van der Waals surface area contributed by atoms with Gasteiger partial charge in [0, 0.05) is 6.42 Å². The molecule has 0 radical (unpaired) electrons. The van der Waals surface area contributed by atoms with E-state index in [0.717, 1.165) is 5.56 Å². The van der Waals surface area contributed by atoms with Gasteiger partial charge in [-0.25, -0.2) is 4.79 Å². The highest BCUT2D eigenvalue weighted by molar-refractivity contribution is 6.02. The van der Waals surface area contributed by atoms with Crippen molar-refractivity contribution in [3.63, 3.8) is 0 Å². The summed E-state index contributed by atoms with van der Waals surface area (Å²) in [6.45, 7) is 0. The van der Waals surface area contributed by atoms with E-state index in [1.807, 2.05) is 30.3 Å². The summed E-state index contributed by atoms with van der Waals surface area (Å²) in [5.74, 6) is -0.608. The third-order valence-electron chi connectivity index (χ3n) is 2.28. The van der Waals surface area contributed by atoms with Gasteiger partial charge >= 0.3 is 6.03 Å². The SMILES string of the molecule is O=C1NC(Cc2ccccc2)C(=O)N1O. The van der Waals surface area contributed by atoms with Crippen LogP contribution in [0.15, 0.2) is 30.3 Å². The summed E-state index contributed by atoms with van der Waals surface area (Å²) in [4.78, 5) is 22.2. The number of amides is 3. The van der Waals surface area contributed by atoms with Crippen LogP contribution in [-0.2, 0) is 11.2 Å². The molecule has 1 aliphatic heterocycles. The number of nitrogens with zero attached hydrogens (tertiary/aromatic N) is 1. The van der Waals surface area contributed by atoms with E-state index < -0.39 is 18.0 Å². The molecule has 1 fully saturated rings. The first-order valence-corrected chi connectivity index (χ1v) is 4.56. The molecule has 1 aromatic rings. The first-order valence-electron chi connectivity index (χ1n) is 4.56. The fourth-order valence-electron chi connectivity index (χ4n) is 1.51. The van der Waals surface area contributed by atoms with Gasteiger partial charge in [0.1, 0.15) is 6.04 Å². The molecule has 1 heterocycles. The number of nitrogens with one attached hydrogen (secondary N) is 1. The lowest BCUT2D eigenvalue weighted by Gasteiger charge is -2.06. The van der Waals surface area contributed by atoms with Crippen molar-refractivity contribution in [2.75, 3.05) is 0 Å². The average molecular weight is 206 g/mol. The van der Waals surface area contributed by atoms with E-state index in [2.05, 4.69) is 5.32 Å². The summed E-state index contributed by atoms with van der Waals surface area (Å²) in [7, 11) is 0. The van der Waals surface area contributed by atoms with Gasteiger partial charge in [0.2, 0.25) is 0 Å². The lowest BCUT2D eigenvalue weighted by Crippen LogP contribution is -2.31. The van der Waals surface area contributed by atoms with Gasteiger partial charge in [-0.3, -0.25) is 10.0 Å². The maximum atomic E-state index is 11.3. The van der Waals surface area contributed by atoms with E-state index in [-0.39, 0.29) is 5.06 Å². The fourth-order valence-corrected chi connectivity index (χ4v) is 1.51. The Morgan fingerprint density at radius 1 is 1.27 bits per heavy atom. The van der Waals surface area contributed by atoms with Crippen molar-refractivity contribution in [3.05, 3.63) is 35.9 Å². The van der Waals surface area contributed by atoms with Crippen molar-refractivity contribution < 1.29 is 14.8 Å². The number of hydrogen-bond acceptors (Lipinski definition) is 3. The molecule has 0 aliphatic carbocycles. The number of rotatable bonds is 2. The maximum Gasteiger partial charge on any atom is 0.349 e. The van der Waals surface area contributed by atoms with Gasteiger partial charge in [-0.05, 0) is 5.56 Å². The number of carbonyl (C=O) groups is 2. The van der Waals surface area contributed by atoms with Crippen molar-refractivity contribution in [3.8, 4) is 0 Å². The van der Waals surface area contributed by atoms with Crippen molar-refractivity contribution in [1.82, 2.24) is 10.4 Å². The minimum absolute atomic E-state index is 0.119. The molecule has 2 N–H and O–H groups in total. The topological polar surface area (TPSA) is 69.6 Å². The van der Waals surface area contributed by atoms with Gasteiger partial charge in [-0.1, -0.05) is 30.3 Å². The number of benzene rings is 1. The molecule has 5 nitrogen and oxygen atoms in total. The van der Waals surface area contributed by atoms with Gasteiger partial charge in [-0.2, -0.15) is 0 Å². The molecule has 78 valence electrons. The molecular weight excluding hydrogens is 196 g/mol. The summed E-state index contributed by atoms with van der Waals surface area (Å²) in [6, 6.07) is 7.88. The van der Waals surface area contributed by atoms with Crippen LogP contribution in [-0.4, -0.2) is 28.3 Å². The van der Waals surface area contributed by atoms with E-state index in [1.165, 1.54) is 0 Å². The van der Waals surface area contributed by atoms with Gasteiger partial charge < -0.3 is 5.32 Å². The van der Waals surface area contributed by atoms with E-state index in [1.54, 1.807) is 0 Å². The molecule has 5 heteroatoms. The van der Waals surface area contributed by atoms with Crippen LogP contribution in [0, 0.1) is 0 Å². The number of hydroxylamine groups is 2. The smallest absolute Gasteiger partial charge is 0.324 e. The Labute approximate surface area is 86.3 Å². The average Bonchev–Trinajstić information content (AvgIpc) is 2.48. The Balaban J connectivity index is 2.09. The number of hydrogen-bond donors (Lipinski definition) is 2. The van der Waals surface area contributed by atoms with Gasteiger partial charge in [0.05, 0.1) is 0 Å². The minimum atomic E-state index is -0.763. The zero-order chi connectivity index (χ0) is 10.8. The third-order valence-corrected chi connectivity index (χ3v) is 2.28. The van der Waals surface area contributed by atoms with Crippen molar-refractivity contribution in [2.24, 2.45) is 0 Å². The minimum Gasteiger partial charge on any atom is -0.324 e. The van der Waals surface area contributed by atoms with Crippen LogP contribution in [0.3, 0.4) is 0 Å². The van der Waals surface area contributed by atoms with Crippen LogP contribution in [0.4, 0.5) is 4.79 Å². The standard InChI is InChI=1S/C10H10N2O3/c13-9-8(11-10(14)12(9)15)6-7-4-2-1-3-5-7/h1-5,8,15H,6H2,(H,11,14). The molecule has 0 aromatic heterocycles. The predicted molar refractivity (Wildman–Crippen MR) is 51.1 cm³/mol. The lowest BCUT2D eigenvalue weighted by atomic mass is 10.1. The largest absolute Gasteiger partial charge is 0.349 e. The summed E-state index contributed by atoms with van der Waals surface area (Å²) in [5.41, 5.74) is 0.937. The maximum absolute atomic E-state index is 11.3. The molecular formula is C10H10N2O3. The Kier molecular flexibility index (Phi) is 2.39. The Morgan fingerprint density at radius 3 is 2.47 bits per heavy atom. The molecule has 0 spiro atoms. The molecule has 1 saturated heterocycles. The van der Waals surface area contributed by atoms with E-state index in [0.29, 0.717) is 6.42 Å². The zero-order valence-electron chi connectivity index (χ0n) is 7.88. The van der Waals surface area contributed by atoms with Crippen molar-refractivity contribution >= 4 is 11.9 Å². The number of carbonyl (C=O) groups excluding carboxylic acids is 2. The first-order chi connectivity index (χ1) is 7.18. The van der Waals surface area contributed by atoms with Gasteiger partial charge in [-0.15, -0.1) is 5.06 Å². The number of urea groups is 1. The highest BCUT2D eigenvalue weighted by atomic mass is 16.5. The second-order valence-electron chi connectivity index (χ2n) is 3.34. The third kappa shape index (κ3) is 1.82. The van der Waals surface area contributed by atoms with E-state index >= 15 is 0 Å². The van der Waals surface area contributed by atoms with Crippen LogP contribution >= 0.6 is 0 Å². The van der Waals surface area contributed by atoms with Crippen LogP contribution < -0.4 is 5.32 Å². The molecule has 0 saturated carbocycles. The van der Waals surface area contributed by atoms with Gasteiger partial charge in [0.15, 0.2) is 0 Å². The second kappa shape index (κ2) is 3.70.